The average Bonchev–Trinajstić information content (AvgIpc) is 3.07. The SMILES string of the molecule is O=C(NCC(F)(F)F)C1CCN(C(=O)C2CC(=O)N(c3cccc(Br)c3)C2)CC1. The van der Waals surface area contributed by atoms with Gasteiger partial charge in [-0.2, -0.15) is 13.2 Å². The lowest BCUT2D eigenvalue weighted by molar-refractivity contribution is -0.143. The van der Waals surface area contributed by atoms with Gasteiger partial charge in [0.25, 0.3) is 0 Å². The van der Waals surface area contributed by atoms with Crippen LogP contribution in [0.2, 0.25) is 0 Å². The molecule has 3 amide bonds. The van der Waals surface area contributed by atoms with Crippen LogP contribution in [0.3, 0.4) is 0 Å². The predicted octanol–water partition coefficient (Wildman–Crippen LogP) is 2.72. The first kappa shape index (κ1) is 21.6. The molecule has 2 heterocycles. The van der Waals surface area contributed by atoms with Crippen LogP contribution in [-0.2, 0) is 14.4 Å². The molecule has 1 N–H and O–H groups in total. The van der Waals surface area contributed by atoms with Gasteiger partial charge in [0.1, 0.15) is 6.54 Å². The highest BCUT2D eigenvalue weighted by atomic mass is 79.9. The van der Waals surface area contributed by atoms with Crippen LogP contribution in [0.25, 0.3) is 0 Å². The van der Waals surface area contributed by atoms with Gasteiger partial charge in [0.05, 0.1) is 5.92 Å². The third-order valence-corrected chi connectivity index (χ3v) is 5.73. The number of amides is 3. The van der Waals surface area contributed by atoms with Crippen LogP contribution in [0.15, 0.2) is 28.7 Å². The number of likely N-dealkylation sites (tertiary alicyclic amines) is 1. The van der Waals surface area contributed by atoms with E-state index in [0.29, 0.717) is 32.5 Å². The van der Waals surface area contributed by atoms with E-state index in [9.17, 15) is 27.6 Å². The molecule has 6 nitrogen and oxygen atoms in total. The number of carbonyl (C=O) groups excluding carboxylic acids is 3. The fraction of sp³-hybridized carbons (Fsp3) is 0.526. The number of nitrogens with zero attached hydrogens (tertiary/aromatic N) is 2. The van der Waals surface area contributed by atoms with E-state index in [2.05, 4.69) is 15.9 Å². The summed E-state index contributed by atoms with van der Waals surface area (Å²) in [7, 11) is 0. The molecule has 0 aliphatic carbocycles. The van der Waals surface area contributed by atoms with Crippen molar-refractivity contribution in [2.45, 2.75) is 25.4 Å². The summed E-state index contributed by atoms with van der Waals surface area (Å²) in [6, 6.07) is 7.29. The minimum Gasteiger partial charge on any atom is -0.347 e. The van der Waals surface area contributed by atoms with Crippen molar-refractivity contribution in [2.24, 2.45) is 11.8 Å². The van der Waals surface area contributed by atoms with Gasteiger partial charge in [-0.3, -0.25) is 14.4 Å². The zero-order valence-corrected chi connectivity index (χ0v) is 17.1. The van der Waals surface area contributed by atoms with Gasteiger partial charge in [0.15, 0.2) is 0 Å². The van der Waals surface area contributed by atoms with Gasteiger partial charge in [0, 0.05) is 42.1 Å². The van der Waals surface area contributed by atoms with Gasteiger partial charge in [-0.25, -0.2) is 0 Å². The number of halogens is 4. The van der Waals surface area contributed by atoms with Crippen molar-refractivity contribution in [1.29, 1.82) is 0 Å². The van der Waals surface area contributed by atoms with Crippen LogP contribution < -0.4 is 10.2 Å². The Bertz CT molecular complexity index is 794. The molecule has 3 rings (SSSR count). The van der Waals surface area contributed by atoms with Crippen LogP contribution in [0.1, 0.15) is 19.3 Å². The van der Waals surface area contributed by atoms with E-state index < -0.39 is 30.5 Å². The highest BCUT2D eigenvalue weighted by Gasteiger charge is 2.39. The summed E-state index contributed by atoms with van der Waals surface area (Å²) in [6.07, 6.45) is -3.70. The van der Waals surface area contributed by atoms with E-state index in [1.165, 1.54) is 0 Å². The van der Waals surface area contributed by atoms with Crippen molar-refractivity contribution in [1.82, 2.24) is 10.2 Å². The summed E-state index contributed by atoms with van der Waals surface area (Å²) in [5.41, 5.74) is 0.722. The van der Waals surface area contributed by atoms with Crippen molar-refractivity contribution in [2.75, 3.05) is 31.1 Å². The molecule has 0 aromatic heterocycles. The zero-order chi connectivity index (χ0) is 21.2. The molecular formula is C19H21BrF3N3O3. The molecule has 158 valence electrons. The van der Waals surface area contributed by atoms with E-state index >= 15 is 0 Å². The van der Waals surface area contributed by atoms with Crippen LogP contribution in [0.4, 0.5) is 18.9 Å². The standard InChI is InChI=1S/C19H21BrF3N3O3/c20-14-2-1-3-15(9-14)26-10-13(8-16(26)27)18(29)25-6-4-12(5-7-25)17(28)24-11-19(21,22)23/h1-3,9,12-13H,4-8,10-11H2,(H,24,28). The molecule has 1 unspecified atom stereocenters. The van der Waals surface area contributed by atoms with Crippen molar-refractivity contribution in [3.63, 3.8) is 0 Å². The van der Waals surface area contributed by atoms with Crippen molar-refractivity contribution >= 4 is 39.3 Å². The molecule has 2 aliphatic rings. The molecule has 29 heavy (non-hydrogen) atoms. The highest BCUT2D eigenvalue weighted by molar-refractivity contribution is 9.10. The molecule has 2 fully saturated rings. The second kappa shape index (κ2) is 8.73. The van der Waals surface area contributed by atoms with Crippen LogP contribution in [0.5, 0.6) is 0 Å². The van der Waals surface area contributed by atoms with Gasteiger partial charge in [-0.05, 0) is 31.0 Å². The second-order valence-electron chi connectivity index (χ2n) is 7.32. The molecule has 10 heteroatoms. The van der Waals surface area contributed by atoms with E-state index in [4.69, 9.17) is 0 Å². The second-order valence-corrected chi connectivity index (χ2v) is 8.23. The lowest BCUT2D eigenvalue weighted by Crippen LogP contribution is -2.46. The Labute approximate surface area is 174 Å². The van der Waals surface area contributed by atoms with Gasteiger partial charge >= 0.3 is 6.18 Å². The Morgan fingerprint density at radius 1 is 1.17 bits per heavy atom. The van der Waals surface area contributed by atoms with Crippen LogP contribution in [-0.4, -0.2) is 55.0 Å². The number of hydrogen-bond acceptors (Lipinski definition) is 3. The number of carbonyl (C=O) groups is 3. The quantitative estimate of drug-likeness (QED) is 0.727. The lowest BCUT2D eigenvalue weighted by atomic mass is 9.94. The molecule has 1 atom stereocenters. The molecule has 0 radical (unpaired) electrons. The van der Waals surface area contributed by atoms with Gasteiger partial charge < -0.3 is 15.1 Å². The molecule has 0 bridgehead atoms. The summed E-state index contributed by atoms with van der Waals surface area (Å²) >= 11 is 3.37. The minimum atomic E-state index is -4.44. The Hall–Kier alpha value is -2.10. The summed E-state index contributed by atoms with van der Waals surface area (Å²) in [6.45, 7) is -0.463. The summed E-state index contributed by atoms with van der Waals surface area (Å²) in [4.78, 5) is 40.3. The first-order valence-electron chi connectivity index (χ1n) is 9.33. The normalized spacial score (nSPS) is 20.8. The largest absolute Gasteiger partial charge is 0.405 e. The minimum absolute atomic E-state index is 0.122. The van der Waals surface area contributed by atoms with Gasteiger partial charge in [0.2, 0.25) is 17.7 Å². The number of benzene rings is 1. The maximum Gasteiger partial charge on any atom is 0.405 e. The fourth-order valence-electron chi connectivity index (χ4n) is 3.72. The van der Waals surface area contributed by atoms with Crippen LogP contribution in [0, 0.1) is 11.8 Å². The molecule has 1 aromatic carbocycles. The molecule has 1 aromatic rings. The average molecular weight is 476 g/mol. The maximum absolute atomic E-state index is 12.8. The Kier molecular flexibility index (Phi) is 6.50. The Balaban J connectivity index is 1.52. The number of piperidine rings is 1. The van der Waals surface area contributed by atoms with Crippen molar-refractivity contribution < 1.29 is 27.6 Å². The zero-order valence-electron chi connectivity index (χ0n) is 15.5. The number of hydrogen-bond donors (Lipinski definition) is 1. The summed E-state index contributed by atoms with van der Waals surface area (Å²) in [5, 5.41) is 1.90. The summed E-state index contributed by atoms with van der Waals surface area (Å²) < 4.78 is 37.5. The first-order chi connectivity index (χ1) is 13.6. The number of nitrogens with one attached hydrogen (secondary N) is 1. The number of alkyl halides is 3. The monoisotopic (exact) mass is 475 g/mol. The third kappa shape index (κ3) is 5.49. The van der Waals surface area contributed by atoms with Crippen LogP contribution >= 0.6 is 15.9 Å². The predicted molar refractivity (Wildman–Crippen MR) is 103 cm³/mol. The van der Waals surface area contributed by atoms with E-state index in [0.717, 1.165) is 10.2 Å². The van der Waals surface area contributed by atoms with E-state index in [-0.39, 0.29) is 18.2 Å². The van der Waals surface area contributed by atoms with E-state index in [1.54, 1.807) is 15.9 Å². The van der Waals surface area contributed by atoms with Crippen molar-refractivity contribution in [3.8, 4) is 0 Å². The lowest BCUT2D eigenvalue weighted by Gasteiger charge is -2.33. The summed E-state index contributed by atoms with van der Waals surface area (Å²) in [5.74, 6) is -1.90. The molecule has 2 saturated heterocycles. The third-order valence-electron chi connectivity index (χ3n) is 5.23. The molecule has 0 spiro atoms. The van der Waals surface area contributed by atoms with Crippen molar-refractivity contribution in [3.05, 3.63) is 28.7 Å². The number of anilines is 1. The highest BCUT2D eigenvalue weighted by Crippen LogP contribution is 2.29. The smallest absolute Gasteiger partial charge is 0.347 e. The van der Waals surface area contributed by atoms with E-state index in [1.807, 2.05) is 23.5 Å². The fourth-order valence-corrected chi connectivity index (χ4v) is 4.11. The topological polar surface area (TPSA) is 69.7 Å². The molecule has 2 aliphatic heterocycles. The Morgan fingerprint density at radius 3 is 2.48 bits per heavy atom. The maximum atomic E-state index is 12.8. The first-order valence-corrected chi connectivity index (χ1v) is 10.1. The Morgan fingerprint density at radius 2 is 1.86 bits per heavy atom. The molecular weight excluding hydrogens is 455 g/mol. The molecule has 0 saturated carbocycles. The number of rotatable bonds is 4. The van der Waals surface area contributed by atoms with Gasteiger partial charge in [-0.15, -0.1) is 0 Å². The van der Waals surface area contributed by atoms with Gasteiger partial charge in [-0.1, -0.05) is 22.0 Å².